The lowest BCUT2D eigenvalue weighted by atomic mass is 9.68. The van der Waals surface area contributed by atoms with Crippen LogP contribution in [0.5, 0.6) is 0 Å². The molecule has 106 valence electrons. The van der Waals surface area contributed by atoms with Crippen LogP contribution in [0.4, 0.5) is 0 Å². The van der Waals surface area contributed by atoms with E-state index in [4.69, 9.17) is 5.26 Å². The summed E-state index contributed by atoms with van der Waals surface area (Å²) in [7, 11) is 0. The third-order valence-corrected chi connectivity index (χ3v) is 5.76. The van der Waals surface area contributed by atoms with Gasteiger partial charge in [-0.2, -0.15) is 5.26 Å². The van der Waals surface area contributed by atoms with Crippen LogP contribution in [-0.2, 0) is 6.54 Å². The van der Waals surface area contributed by atoms with Gasteiger partial charge in [0.25, 0.3) is 0 Å². The summed E-state index contributed by atoms with van der Waals surface area (Å²) in [5.41, 5.74) is 2.33. The molecule has 1 aromatic heterocycles. The van der Waals surface area contributed by atoms with Crippen molar-refractivity contribution in [1.29, 1.82) is 5.26 Å². The summed E-state index contributed by atoms with van der Waals surface area (Å²) in [6.45, 7) is 7.96. The lowest BCUT2D eigenvalue weighted by Crippen LogP contribution is -2.50. The van der Waals surface area contributed by atoms with Crippen molar-refractivity contribution in [3.63, 3.8) is 0 Å². The molecule has 0 spiro atoms. The Balaban J connectivity index is 1.77. The molecule has 2 aliphatic carbocycles. The van der Waals surface area contributed by atoms with E-state index < -0.39 is 0 Å². The monoisotopic (exact) mass is 269 g/mol. The van der Waals surface area contributed by atoms with Crippen LogP contribution in [0.2, 0.25) is 0 Å². The van der Waals surface area contributed by atoms with Crippen LogP contribution in [0.15, 0.2) is 18.3 Å². The van der Waals surface area contributed by atoms with Gasteiger partial charge in [-0.05, 0) is 42.1 Å². The summed E-state index contributed by atoms with van der Waals surface area (Å²) < 4.78 is 0. The molecule has 3 unspecified atom stereocenters. The molecule has 3 nitrogen and oxygen atoms in total. The highest BCUT2D eigenvalue weighted by atomic mass is 15.0. The number of nitriles is 1. The summed E-state index contributed by atoms with van der Waals surface area (Å²) in [6, 6.07) is 6.62. The van der Waals surface area contributed by atoms with E-state index in [2.05, 4.69) is 37.1 Å². The molecule has 1 N–H and O–H groups in total. The van der Waals surface area contributed by atoms with Crippen molar-refractivity contribution in [3.8, 4) is 6.07 Å². The highest BCUT2D eigenvalue weighted by Gasteiger charge is 2.58. The van der Waals surface area contributed by atoms with E-state index in [0.717, 1.165) is 18.0 Å². The Bertz CT molecular complexity index is 553. The van der Waals surface area contributed by atoms with Gasteiger partial charge in [-0.15, -0.1) is 0 Å². The first-order valence-electron chi connectivity index (χ1n) is 7.55. The van der Waals surface area contributed by atoms with Gasteiger partial charge in [0.2, 0.25) is 0 Å². The Kier molecular flexibility index (Phi) is 3.10. The molecule has 3 atom stereocenters. The number of pyridine rings is 1. The van der Waals surface area contributed by atoms with Crippen LogP contribution >= 0.6 is 0 Å². The number of hydrogen-bond donors (Lipinski definition) is 1. The van der Waals surface area contributed by atoms with Gasteiger partial charge in [0.15, 0.2) is 0 Å². The maximum Gasteiger partial charge on any atom is 0.144 e. The Morgan fingerprint density at radius 3 is 2.90 bits per heavy atom. The Labute approximate surface area is 121 Å². The van der Waals surface area contributed by atoms with Crippen molar-refractivity contribution in [2.45, 2.75) is 52.6 Å². The largest absolute Gasteiger partial charge is 0.309 e. The minimum absolute atomic E-state index is 0.349. The minimum Gasteiger partial charge on any atom is -0.309 e. The molecule has 1 heterocycles. The van der Waals surface area contributed by atoms with Gasteiger partial charge in [0.1, 0.15) is 11.8 Å². The van der Waals surface area contributed by atoms with Crippen molar-refractivity contribution in [2.24, 2.45) is 16.7 Å². The van der Waals surface area contributed by atoms with E-state index in [0.29, 0.717) is 22.6 Å². The van der Waals surface area contributed by atoms with E-state index in [1.54, 1.807) is 6.20 Å². The first-order valence-corrected chi connectivity index (χ1v) is 7.55. The normalized spacial score (nSPS) is 34.1. The number of aromatic nitrogens is 1. The molecule has 0 aromatic carbocycles. The van der Waals surface area contributed by atoms with Crippen LogP contribution in [0, 0.1) is 28.1 Å². The smallest absolute Gasteiger partial charge is 0.144 e. The van der Waals surface area contributed by atoms with Crippen LogP contribution in [0.3, 0.4) is 0 Å². The standard InChI is InChI=1S/C17H23N3/c1-16(2)13-6-7-17(3,9-13)15(16)20-11-12-5-4-8-19-14(12)10-18/h4-5,8,13,15,20H,6-7,9,11H2,1-3H3. The third kappa shape index (κ3) is 1.94. The zero-order valence-electron chi connectivity index (χ0n) is 12.6. The van der Waals surface area contributed by atoms with Crippen LogP contribution in [0.1, 0.15) is 51.3 Å². The predicted octanol–water partition coefficient (Wildman–Crippen LogP) is 3.26. The van der Waals surface area contributed by atoms with Gasteiger partial charge in [-0.1, -0.05) is 26.8 Å². The van der Waals surface area contributed by atoms with Crippen LogP contribution in [0.25, 0.3) is 0 Å². The Hall–Kier alpha value is -1.40. The fourth-order valence-electron chi connectivity index (χ4n) is 4.71. The average Bonchev–Trinajstić information content (AvgIpc) is 2.90. The van der Waals surface area contributed by atoms with E-state index in [-0.39, 0.29) is 0 Å². The van der Waals surface area contributed by atoms with Gasteiger partial charge >= 0.3 is 0 Å². The summed E-state index contributed by atoms with van der Waals surface area (Å²) in [6.07, 6.45) is 5.73. The van der Waals surface area contributed by atoms with Gasteiger partial charge in [0, 0.05) is 24.3 Å². The predicted molar refractivity (Wildman–Crippen MR) is 78.8 cm³/mol. The van der Waals surface area contributed by atoms with E-state index >= 15 is 0 Å². The molecular formula is C17H23N3. The summed E-state index contributed by atoms with van der Waals surface area (Å²) >= 11 is 0. The molecule has 20 heavy (non-hydrogen) atoms. The zero-order chi connectivity index (χ0) is 14.4. The molecule has 3 rings (SSSR count). The maximum absolute atomic E-state index is 9.13. The lowest BCUT2D eigenvalue weighted by Gasteiger charge is -2.43. The highest BCUT2D eigenvalue weighted by molar-refractivity contribution is 5.30. The zero-order valence-corrected chi connectivity index (χ0v) is 12.6. The number of fused-ring (bicyclic) bond motifs is 2. The number of rotatable bonds is 3. The SMILES string of the molecule is CC12CCC(C1)C(C)(C)C2NCc1cccnc1C#N. The summed E-state index contributed by atoms with van der Waals surface area (Å²) in [4.78, 5) is 4.14. The number of nitrogens with one attached hydrogen (secondary N) is 1. The van der Waals surface area contributed by atoms with Crippen molar-refractivity contribution < 1.29 is 0 Å². The number of nitrogens with zero attached hydrogens (tertiary/aromatic N) is 2. The maximum atomic E-state index is 9.13. The minimum atomic E-state index is 0.349. The van der Waals surface area contributed by atoms with Crippen molar-refractivity contribution >= 4 is 0 Å². The topological polar surface area (TPSA) is 48.7 Å². The quantitative estimate of drug-likeness (QED) is 0.916. The van der Waals surface area contributed by atoms with E-state index in [1.165, 1.54) is 19.3 Å². The van der Waals surface area contributed by atoms with Crippen LogP contribution in [-0.4, -0.2) is 11.0 Å². The fraction of sp³-hybridized carbons (Fsp3) is 0.647. The molecule has 0 radical (unpaired) electrons. The molecule has 2 aliphatic rings. The molecule has 0 aliphatic heterocycles. The first kappa shape index (κ1) is 13.6. The summed E-state index contributed by atoms with van der Waals surface area (Å²) in [5.74, 6) is 0.842. The van der Waals surface area contributed by atoms with E-state index in [9.17, 15) is 0 Å². The molecule has 1 aromatic rings. The second-order valence-electron chi connectivity index (χ2n) is 7.35. The van der Waals surface area contributed by atoms with Gasteiger partial charge in [0.05, 0.1) is 0 Å². The molecule has 2 saturated carbocycles. The lowest BCUT2D eigenvalue weighted by molar-refractivity contribution is 0.108. The Morgan fingerprint density at radius 1 is 1.45 bits per heavy atom. The van der Waals surface area contributed by atoms with Crippen molar-refractivity contribution in [1.82, 2.24) is 10.3 Å². The van der Waals surface area contributed by atoms with E-state index in [1.807, 2.05) is 12.1 Å². The Morgan fingerprint density at radius 2 is 2.25 bits per heavy atom. The highest BCUT2D eigenvalue weighted by Crippen LogP contribution is 2.62. The number of hydrogen-bond acceptors (Lipinski definition) is 3. The van der Waals surface area contributed by atoms with Crippen LogP contribution < -0.4 is 5.32 Å². The molecule has 2 fully saturated rings. The summed E-state index contributed by atoms with van der Waals surface area (Å²) in [5, 5.41) is 12.9. The second-order valence-corrected chi connectivity index (χ2v) is 7.35. The molecule has 3 heteroatoms. The molecular weight excluding hydrogens is 246 g/mol. The van der Waals surface area contributed by atoms with Gasteiger partial charge in [-0.3, -0.25) is 0 Å². The van der Waals surface area contributed by atoms with Crippen molar-refractivity contribution in [3.05, 3.63) is 29.6 Å². The molecule has 0 amide bonds. The second kappa shape index (κ2) is 4.56. The van der Waals surface area contributed by atoms with Crippen molar-refractivity contribution in [2.75, 3.05) is 0 Å². The van der Waals surface area contributed by atoms with Gasteiger partial charge < -0.3 is 5.32 Å². The van der Waals surface area contributed by atoms with Gasteiger partial charge in [-0.25, -0.2) is 4.98 Å². The molecule has 2 bridgehead atoms. The third-order valence-electron chi connectivity index (χ3n) is 5.76. The fourth-order valence-corrected chi connectivity index (χ4v) is 4.71. The molecule has 0 saturated heterocycles. The first-order chi connectivity index (χ1) is 9.47. The average molecular weight is 269 g/mol.